The number of nitrogens with one attached hydrogen (secondary N) is 1. The SMILES string of the molecule is CC(C)NC(=O)C1=C(OCc2ccccc2)C(O)C=C(CF)O1. The lowest BCUT2D eigenvalue weighted by atomic mass is 10.1. The third-order valence-electron chi connectivity index (χ3n) is 3.06. The van der Waals surface area contributed by atoms with Gasteiger partial charge in [-0.15, -0.1) is 0 Å². The third-order valence-corrected chi connectivity index (χ3v) is 3.06. The van der Waals surface area contributed by atoms with E-state index >= 15 is 0 Å². The number of ether oxygens (including phenoxy) is 2. The number of allylic oxidation sites excluding steroid dienone is 1. The molecule has 1 amide bonds. The lowest BCUT2D eigenvalue weighted by molar-refractivity contribution is -0.121. The van der Waals surface area contributed by atoms with Crippen molar-refractivity contribution in [2.24, 2.45) is 0 Å². The van der Waals surface area contributed by atoms with Gasteiger partial charge in [0.05, 0.1) is 0 Å². The van der Waals surface area contributed by atoms with Crippen molar-refractivity contribution in [3.63, 3.8) is 0 Å². The van der Waals surface area contributed by atoms with Crippen molar-refractivity contribution in [2.45, 2.75) is 32.6 Å². The van der Waals surface area contributed by atoms with Gasteiger partial charge in [0.1, 0.15) is 25.1 Å². The molecule has 0 fully saturated rings. The molecule has 0 spiro atoms. The van der Waals surface area contributed by atoms with Gasteiger partial charge < -0.3 is 19.9 Å². The van der Waals surface area contributed by atoms with E-state index in [-0.39, 0.29) is 29.9 Å². The highest BCUT2D eigenvalue weighted by atomic mass is 19.1. The van der Waals surface area contributed by atoms with Crippen LogP contribution in [0.4, 0.5) is 4.39 Å². The standard InChI is InChI=1S/C17H20FNO4/c1-11(2)19-17(21)16-15(14(20)8-13(9-18)23-16)22-10-12-6-4-3-5-7-12/h3-8,11,14,20H,9-10H2,1-2H3,(H,19,21). The van der Waals surface area contributed by atoms with E-state index in [0.717, 1.165) is 5.56 Å². The predicted octanol–water partition coefficient (Wildman–Crippen LogP) is 2.18. The van der Waals surface area contributed by atoms with Crippen LogP contribution in [0, 0.1) is 0 Å². The Balaban J connectivity index is 2.20. The van der Waals surface area contributed by atoms with E-state index in [1.54, 1.807) is 13.8 Å². The van der Waals surface area contributed by atoms with Crippen LogP contribution in [0.1, 0.15) is 19.4 Å². The Bertz CT molecular complexity index is 610. The van der Waals surface area contributed by atoms with Crippen molar-refractivity contribution in [1.82, 2.24) is 5.32 Å². The molecule has 0 aliphatic carbocycles. The van der Waals surface area contributed by atoms with Crippen LogP contribution in [0.2, 0.25) is 0 Å². The second-order valence-corrected chi connectivity index (χ2v) is 5.41. The molecule has 0 bridgehead atoms. The number of halogens is 1. The van der Waals surface area contributed by atoms with Crippen molar-refractivity contribution >= 4 is 5.91 Å². The monoisotopic (exact) mass is 321 g/mol. The van der Waals surface area contributed by atoms with Crippen LogP contribution in [0.15, 0.2) is 53.7 Å². The summed E-state index contributed by atoms with van der Waals surface area (Å²) in [5, 5.41) is 12.8. The largest absolute Gasteiger partial charge is 0.486 e. The predicted molar refractivity (Wildman–Crippen MR) is 82.7 cm³/mol. The minimum absolute atomic E-state index is 0.0239. The fourth-order valence-electron chi connectivity index (χ4n) is 2.05. The first-order valence-corrected chi connectivity index (χ1v) is 7.35. The maximum absolute atomic E-state index is 12.8. The molecule has 5 nitrogen and oxygen atoms in total. The van der Waals surface area contributed by atoms with Gasteiger partial charge >= 0.3 is 0 Å². The lowest BCUT2D eigenvalue weighted by Crippen LogP contribution is -2.35. The molecule has 1 aromatic carbocycles. The molecule has 1 aliphatic rings. The number of carbonyl (C=O) groups excluding carboxylic acids is 1. The summed E-state index contributed by atoms with van der Waals surface area (Å²) in [5.41, 5.74) is 0.871. The zero-order valence-corrected chi connectivity index (χ0v) is 13.1. The Morgan fingerprint density at radius 1 is 1.39 bits per heavy atom. The zero-order valence-electron chi connectivity index (χ0n) is 13.1. The Kier molecular flexibility index (Phi) is 5.76. The molecule has 1 aliphatic heterocycles. The highest BCUT2D eigenvalue weighted by Gasteiger charge is 2.30. The molecule has 23 heavy (non-hydrogen) atoms. The highest BCUT2D eigenvalue weighted by molar-refractivity contribution is 5.92. The second-order valence-electron chi connectivity index (χ2n) is 5.41. The molecule has 0 aromatic heterocycles. The number of aliphatic hydroxyl groups is 1. The second kappa shape index (κ2) is 7.78. The topological polar surface area (TPSA) is 67.8 Å². The van der Waals surface area contributed by atoms with Crippen molar-refractivity contribution < 1.29 is 23.8 Å². The van der Waals surface area contributed by atoms with Crippen LogP contribution in [0.5, 0.6) is 0 Å². The normalized spacial score (nSPS) is 17.6. The molecule has 0 saturated carbocycles. The average molecular weight is 321 g/mol. The molecule has 1 aromatic rings. The fourth-order valence-corrected chi connectivity index (χ4v) is 2.05. The summed E-state index contributed by atoms with van der Waals surface area (Å²) >= 11 is 0. The third kappa shape index (κ3) is 4.56. The van der Waals surface area contributed by atoms with Crippen LogP contribution in [0.25, 0.3) is 0 Å². The smallest absolute Gasteiger partial charge is 0.290 e. The average Bonchev–Trinajstić information content (AvgIpc) is 2.53. The number of hydrogen-bond donors (Lipinski definition) is 2. The number of carbonyl (C=O) groups is 1. The van der Waals surface area contributed by atoms with Gasteiger partial charge in [0, 0.05) is 6.04 Å². The van der Waals surface area contributed by atoms with Crippen molar-refractivity contribution in [1.29, 1.82) is 0 Å². The summed E-state index contributed by atoms with van der Waals surface area (Å²) in [6.07, 6.45) is -0.0435. The van der Waals surface area contributed by atoms with Crippen molar-refractivity contribution in [3.05, 3.63) is 59.2 Å². The minimum Gasteiger partial charge on any atom is -0.486 e. The van der Waals surface area contributed by atoms with Gasteiger partial charge in [-0.05, 0) is 25.5 Å². The first-order chi connectivity index (χ1) is 11.0. The van der Waals surface area contributed by atoms with Crippen LogP contribution >= 0.6 is 0 Å². The van der Waals surface area contributed by atoms with Crippen LogP contribution in [0.3, 0.4) is 0 Å². The quantitative estimate of drug-likeness (QED) is 0.843. The Morgan fingerprint density at radius 3 is 2.70 bits per heavy atom. The molecule has 6 heteroatoms. The van der Waals surface area contributed by atoms with E-state index < -0.39 is 18.7 Å². The number of amides is 1. The van der Waals surface area contributed by atoms with Crippen molar-refractivity contribution in [3.8, 4) is 0 Å². The van der Waals surface area contributed by atoms with Gasteiger partial charge in [-0.1, -0.05) is 30.3 Å². The summed E-state index contributed by atoms with van der Waals surface area (Å²) in [7, 11) is 0. The van der Waals surface area contributed by atoms with Gasteiger partial charge in [0.25, 0.3) is 5.91 Å². The van der Waals surface area contributed by atoms with E-state index in [4.69, 9.17) is 9.47 Å². The molecule has 1 unspecified atom stereocenters. The minimum atomic E-state index is -1.23. The molecule has 0 saturated heterocycles. The van der Waals surface area contributed by atoms with Gasteiger partial charge in [-0.25, -0.2) is 4.39 Å². The summed E-state index contributed by atoms with van der Waals surface area (Å²) < 4.78 is 23.6. The van der Waals surface area contributed by atoms with Gasteiger partial charge in [0.2, 0.25) is 5.76 Å². The summed E-state index contributed by atoms with van der Waals surface area (Å²) in [4.78, 5) is 12.2. The maximum Gasteiger partial charge on any atom is 0.290 e. The number of benzene rings is 1. The van der Waals surface area contributed by atoms with Gasteiger partial charge in [-0.3, -0.25) is 4.79 Å². The highest BCUT2D eigenvalue weighted by Crippen LogP contribution is 2.25. The molecule has 124 valence electrons. The molecule has 2 N–H and O–H groups in total. The van der Waals surface area contributed by atoms with Crippen LogP contribution in [-0.4, -0.2) is 29.8 Å². The number of aliphatic hydroxyl groups excluding tert-OH is 1. The fraction of sp³-hybridized carbons (Fsp3) is 0.353. The molecular weight excluding hydrogens is 301 g/mol. The number of hydrogen-bond acceptors (Lipinski definition) is 4. The van der Waals surface area contributed by atoms with Crippen molar-refractivity contribution in [2.75, 3.05) is 6.67 Å². The maximum atomic E-state index is 12.8. The Labute approximate surface area is 134 Å². The lowest BCUT2D eigenvalue weighted by Gasteiger charge is -2.24. The summed E-state index contributed by atoms with van der Waals surface area (Å²) in [6.45, 7) is 2.82. The Morgan fingerprint density at radius 2 is 2.09 bits per heavy atom. The van der Waals surface area contributed by atoms with Crippen LogP contribution in [-0.2, 0) is 20.9 Å². The van der Waals surface area contributed by atoms with E-state index in [2.05, 4.69) is 5.32 Å². The number of rotatable bonds is 6. The Hall–Kier alpha value is -2.34. The molecule has 2 rings (SSSR count). The van der Waals surface area contributed by atoms with E-state index in [1.165, 1.54) is 6.08 Å². The molecule has 1 atom stereocenters. The summed E-state index contributed by atoms with van der Waals surface area (Å²) in [5.74, 6) is -0.902. The van der Waals surface area contributed by atoms with E-state index in [9.17, 15) is 14.3 Å². The first-order valence-electron chi connectivity index (χ1n) is 7.35. The number of alkyl halides is 1. The first kappa shape index (κ1) is 17.0. The van der Waals surface area contributed by atoms with E-state index in [1.807, 2.05) is 30.3 Å². The molecule has 0 radical (unpaired) electrons. The van der Waals surface area contributed by atoms with E-state index in [0.29, 0.717) is 0 Å². The van der Waals surface area contributed by atoms with Gasteiger partial charge in [0.15, 0.2) is 5.76 Å². The van der Waals surface area contributed by atoms with Crippen LogP contribution < -0.4 is 5.32 Å². The summed E-state index contributed by atoms with van der Waals surface area (Å²) in [6, 6.07) is 9.16. The molecule has 1 heterocycles. The van der Waals surface area contributed by atoms with Gasteiger partial charge in [-0.2, -0.15) is 0 Å². The molecular formula is C17H20FNO4. The zero-order chi connectivity index (χ0) is 16.8.